The molecule has 2 atom stereocenters. The van der Waals surface area contributed by atoms with Gasteiger partial charge < -0.3 is 10.2 Å². The van der Waals surface area contributed by atoms with E-state index in [1.165, 1.54) is 6.42 Å². The lowest BCUT2D eigenvalue weighted by molar-refractivity contribution is -0.134. The van der Waals surface area contributed by atoms with Crippen molar-refractivity contribution in [2.45, 2.75) is 31.6 Å². The molecule has 2 unspecified atom stereocenters. The summed E-state index contributed by atoms with van der Waals surface area (Å²) in [7, 11) is 0. The van der Waals surface area contributed by atoms with Crippen LogP contribution in [0.15, 0.2) is 24.3 Å². The lowest BCUT2D eigenvalue weighted by Gasteiger charge is -2.39. The molecule has 2 saturated heterocycles. The molecule has 5 heteroatoms. The Kier molecular flexibility index (Phi) is 4.91. The summed E-state index contributed by atoms with van der Waals surface area (Å²) >= 11 is 6.27. The second-order valence-corrected chi connectivity index (χ2v) is 7.63. The number of likely N-dealkylation sites (tertiary alicyclic amines) is 1. The molecule has 2 heterocycles. The van der Waals surface area contributed by atoms with E-state index < -0.39 is 0 Å². The third kappa shape index (κ3) is 3.24. The number of hydrogen-bond donors (Lipinski definition) is 1. The molecule has 126 valence electrons. The number of amides is 1. The van der Waals surface area contributed by atoms with Gasteiger partial charge in [-0.05, 0) is 55.2 Å². The van der Waals surface area contributed by atoms with Crippen LogP contribution in [0, 0.1) is 11.3 Å². The third-order valence-corrected chi connectivity index (χ3v) is 6.22. The molecule has 1 amide bonds. The van der Waals surface area contributed by atoms with Gasteiger partial charge in [0.15, 0.2) is 0 Å². The molecule has 0 bridgehead atoms. The number of carbonyl (C=O) groups excluding carboxylic acids is 1. The Hall–Kier alpha value is -0.770. The van der Waals surface area contributed by atoms with Gasteiger partial charge >= 0.3 is 0 Å². The highest BCUT2D eigenvalue weighted by Crippen LogP contribution is 2.51. The molecular weight excluding hydrogens is 331 g/mol. The van der Waals surface area contributed by atoms with E-state index in [1.54, 1.807) is 0 Å². The Morgan fingerprint density at radius 3 is 2.61 bits per heavy atom. The lowest BCUT2D eigenvalue weighted by Crippen LogP contribution is -2.44. The number of piperidine rings is 1. The molecule has 1 aromatic rings. The third-order valence-electron chi connectivity index (χ3n) is 5.88. The minimum absolute atomic E-state index is 0. The van der Waals surface area contributed by atoms with Crippen LogP contribution in [0.4, 0.5) is 0 Å². The number of hydrogen-bond acceptors (Lipinski definition) is 2. The van der Waals surface area contributed by atoms with E-state index in [-0.39, 0.29) is 18.3 Å². The van der Waals surface area contributed by atoms with Crippen LogP contribution in [0.5, 0.6) is 0 Å². The van der Waals surface area contributed by atoms with Gasteiger partial charge in [0.2, 0.25) is 5.91 Å². The predicted octanol–water partition coefficient (Wildman–Crippen LogP) is 3.47. The van der Waals surface area contributed by atoms with Crippen molar-refractivity contribution in [1.82, 2.24) is 10.2 Å². The largest absolute Gasteiger partial charge is 0.342 e. The van der Waals surface area contributed by atoms with E-state index in [2.05, 4.69) is 16.3 Å². The van der Waals surface area contributed by atoms with Gasteiger partial charge in [-0.3, -0.25) is 4.79 Å². The summed E-state index contributed by atoms with van der Waals surface area (Å²) in [5.74, 6) is 0.853. The van der Waals surface area contributed by atoms with Crippen LogP contribution in [0.25, 0.3) is 0 Å². The van der Waals surface area contributed by atoms with Crippen molar-refractivity contribution >= 4 is 29.9 Å². The van der Waals surface area contributed by atoms with Gasteiger partial charge in [0.05, 0.1) is 0 Å². The number of nitrogens with zero attached hydrogens (tertiary/aromatic N) is 1. The van der Waals surface area contributed by atoms with Crippen LogP contribution < -0.4 is 5.32 Å². The van der Waals surface area contributed by atoms with E-state index >= 15 is 0 Å². The van der Waals surface area contributed by atoms with Crippen LogP contribution >= 0.6 is 24.0 Å². The summed E-state index contributed by atoms with van der Waals surface area (Å²) < 4.78 is 0. The Balaban J connectivity index is 0.00000156. The highest BCUT2D eigenvalue weighted by Gasteiger charge is 2.48. The zero-order valence-corrected chi connectivity index (χ0v) is 14.8. The van der Waals surface area contributed by atoms with Gasteiger partial charge in [0.1, 0.15) is 0 Å². The molecule has 1 saturated carbocycles. The van der Waals surface area contributed by atoms with Gasteiger partial charge in [-0.1, -0.05) is 29.8 Å². The van der Waals surface area contributed by atoms with Gasteiger partial charge in [0, 0.05) is 30.6 Å². The maximum atomic E-state index is 12.7. The summed E-state index contributed by atoms with van der Waals surface area (Å²) in [6, 6.07) is 7.95. The molecule has 0 radical (unpaired) electrons. The van der Waals surface area contributed by atoms with Crippen LogP contribution in [0.2, 0.25) is 5.02 Å². The second-order valence-electron chi connectivity index (χ2n) is 7.22. The molecule has 3 nitrogen and oxygen atoms in total. The summed E-state index contributed by atoms with van der Waals surface area (Å²) in [5.41, 5.74) is 1.62. The van der Waals surface area contributed by atoms with Gasteiger partial charge in [0.25, 0.3) is 0 Å². The monoisotopic (exact) mass is 354 g/mol. The normalized spacial score (nSPS) is 28.5. The van der Waals surface area contributed by atoms with Gasteiger partial charge in [-0.15, -0.1) is 12.4 Å². The smallest absolute Gasteiger partial charge is 0.226 e. The molecule has 3 fully saturated rings. The van der Waals surface area contributed by atoms with Crippen LogP contribution in [-0.2, 0) is 4.79 Å². The van der Waals surface area contributed by atoms with Crippen molar-refractivity contribution in [2.24, 2.45) is 11.3 Å². The highest BCUT2D eigenvalue weighted by atomic mass is 35.5. The maximum absolute atomic E-state index is 12.7. The number of halogens is 2. The van der Waals surface area contributed by atoms with E-state index in [4.69, 9.17) is 11.6 Å². The molecule has 1 spiro atoms. The van der Waals surface area contributed by atoms with Gasteiger partial charge in [-0.2, -0.15) is 0 Å². The average Bonchev–Trinajstić information content (AvgIpc) is 3.21. The van der Waals surface area contributed by atoms with Crippen molar-refractivity contribution in [2.75, 3.05) is 26.2 Å². The second kappa shape index (κ2) is 6.62. The summed E-state index contributed by atoms with van der Waals surface area (Å²) in [4.78, 5) is 14.8. The molecule has 1 aromatic carbocycles. The molecule has 3 aliphatic rings. The Morgan fingerprint density at radius 2 is 1.96 bits per heavy atom. The fourth-order valence-electron chi connectivity index (χ4n) is 4.25. The van der Waals surface area contributed by atoms with Crippen LogP contribution in [0.3, 0.4) is 0 Å². The van der Waals surface area contributed by atoms with Crippen molar-refractivity contribution < 1.29 is 4.79 Å². The molecule has 23 heavy (non-hydrogen) atoms. The van der Waals surface area contributed by atoms with Crippen molar-refractivity contribution in [3.63, 3.8) is 0 Å². The minimum atomic E-state index is 0. The quantitative estimate of drug-likeness (QED) is 0.881. The zero-order chi connectivity index (χ0) is 15.2. The fourth-order valence-corrected chi connectivity index (χ4v) is 4.52. The van der Waals surface area contributed by atoms with E-state index in [0.29, 0.717) is 17.2 Å². The molecule has 4 rings (SSSR count). The Bertz CT molecular complexity index is 576. The highest BCUT2D eigenvalue weighted by molar-refractivity contribution is 6.31. The molecular formula is C18H24Cl2N2O. The number of nitrogens with one attached hydrogen (secondary N) is 1. The van der Waals surface area contributed by atoms with E-state index in [1.807, 2.05) is 18.2 Å². The van der Waals surface area contributed by atoms with Crippen LogP contribution in [0.1, 0.15) is 37.2 Å². The standard InChI is InChI=1S/C18H23ClN2O.ClH/c19-16-4-2-1-3-13(16)14-11-15(14)17(22)21-9-6-18(7-10-21)5-8-20-12-18;/h1-4,14-15,20H,5-12H2;1H. The first-order valence-corrected chi connectivity index (χ1v) is 8.80. The topological polar surface area (TPSA) is 32.3 Å². The first-order chi connectivity index (χ1) is 10.7. The van der Waals surface area contributed by atoms with Crippen molar-refractivity contribution in [1.29, 1.82) is 0 Å². The zero-order valence-electron chi connectivity index (χ0n) is 13.3. The van der Waals surface area contributed by atoms with Crippen molar-refractivity contribution in [3.8, 4) is 0 Å². The predicted molar refractivity (Wildman–Crippen MR) is 95.3 cm³/mol. The molecule has 0 aromatic heterocycles. The fraction of sp³-hybridized carbons (Fsp3) is 0.611. The number of benzene rings is 1. The van der Waals surface area contributed by atoms with Crippen LogP contribution in [-0.4, -0.2) is 37.0 Å². The van der Waals surface area contributed by atoms with E-state index in [0.717, 1.165) is 56.0 Å². The average molecular weight is 355 g/mol. The first-order valence-electron chi connectivity index (χ1n) is 8.43. The Morgan fingerprint density at radius 1 is 1.22 bits per heavy atom. The molecule has 1 aliphatic carbocycles. The summed E-state index contributed by atoms with van der Waals surface area (Å²) in [5, 5.41) is 4.28. The SMILES string of the molecule is Cl.O=C(C1CC1c1ccccc1Cl)N1CCC2(CCNC2)CC1. The number of carbonyl (C=O) groups is 1. The number of rotatable bonds is 2. The summed E-state index contributed by atoms with van der Waals surface area (Å²) in [6.45, 7) is 4.16. The van der Waals surface area contributed by atoms with Crippen molar-refractivity contribution in [3.05, 3.63) is 34.9 Å². The summed E-state index contributed by atoms with van der Waals surface area (Å²) in [6.07, 6.45) is 4.57. The van der Waals surface area contributed by atoms with E-state index in [9.17, 15) is 4.79 Å². The van der Waals surface area contributed by atoms with Gasteiger partial charge in [-0.25, -0.2) is 0 Å². The Labute approximate surface area is 149 Å². The minimum Gasteiger partial charge on any atom is -0.342 e. The maximum Gasteiger partial charge on any atom is 0.226 e. The first kappa shape index (κ1) is 17.1. The lowest BCUT2D eigenvalue weighted by atomic mass is 9.78. The molecule has 2 aliphatic heterocycles. The molecule has 1 N–H and O–H groups in total.